The predicted molar refractivity (Wildman–Crippen MR) is 95.6 cm³/mol. The van der Waals surface area contributed by atoms with Crippen LogP contribution in [0.1, 0.15) is 17.2 Å². The van der Waals surface area contributed by atoms with Gasteiger partial charge in [0.1, 0.15) is 17.5 Å². The van der Waals surface area contributed by atoms with Gasteiger partial charge in [-0.2, -0.15) is 0 Å². The molecule has 1 unspecified atom stereocenters. The van der Waals surface area contributed by atoms with E-state index in [0.717, 1.165) is 17.7 Å². The number of methoxy groups -OCH3 is 1. The molecule has 0 aliphatic rings. The van der Waals surface area contributed by atoms with Gasteiger partial charge in [0.05, 0.1) is 6.10 Å². The monoisotopic (exact) mass is 365 g/mol. The van der Waals surface area contributed by atoms with Gasteiger partial charge in [0, 0.05) is 27.2 Å². The molecule has 0 aliphatic heterocycles. The molecule has 2 aromatic rings. The number of hydrogen-bond donors (Lipinski definition) is 2. The highest BCUT2D eigenvalue weighted by Gasteiger charge is 2.11. The zero-order chi connectivity index (χ0) is 18.9. The molecular formula is C19H22F3N3O. The molecule has 0 saturated heterocycles. The largest absolute Gasteiger partial charge is 0.375 e. The van der Waals surface area contributed by atoms with Crippen molar-refractivity contribution in [2.75, 3.05) is 27.2 Å². The number of halogens is 3. The van der Waals surface area contributed by atoms with Crippen LogP contribution < -0.4 is 10.6 Å². The molecule has 0 aliphatic carbocycles. The van der Waals surface area contributed by atoms with Crippen LogP contribution in [0.3, 0.4) is 0 Å². The quantitative estimate of drug-likeness (QED) is 0.585. The number of nitrogens with one attached hydrogen (secondary N) is 2. The molecule has 0 radical (unpaired) electrons. The maximum Gasteiger partial charge on any atom is 0.191 e. The number of rotatable bonds is 7. The van der Waals surface area contributed by atoms with E-state index >= 15 is 0 Å². The third kappa shape index (κ3) is 5.77. The molecule has 0 aromatic heterocycles. The van der Waals surface area contributed by atoms with Gasteiger partial charge in [-0.1, -0.05) is 12.1 Å². The van der Waals surface area contributed by atoms with Crippen LogP contribution in [-0.4, -0.2) is 33.2 Å². The molecule has 2 N–H and O–H groups in total. The van der Waals surface area contributed by atoms with Gasteiger partial charge in [-0.05, 0) is 47.9 Å². The Morgan fingerprint density at radius 3 is 2.38 bits per heavy atom. The third-order valence-corrected chi connectivity index (χ3v) is 3.90. The second-order valence-electron chi connectivity index (χ2n) is 5.64. The molecular weight excluding hydrogens is 343 g/mol. The topological polar surface area (TPSA) is 45.7 Å². The number of nitrogens with zero attached hydrogens (tertiary/aromatic N) is 1. The Morgan fingerprint density at radius 2 is 1.73 bits per heavy atom. The summed E-state index contributed by atoms with van der Waals surface area (Å²) >= 11 is 0. The summed E-state index contributed by atoms with van der Waals surface area (Å²) in [6.45, 7) is 0.796. The van der Waals surface area contributed by atoms with Crippen LogP contribution in [0.15, 0.2) is 47.5 Å². The summed E-state index contributed by atoms with van der Waals surface area (Å²) in [6, 6.07) is 9.46. The van der Waals surface area contributed by atoms with Crippen LogP contribution in [0.25, 0.3) is 0 Å². The van der Waals surface area contributed by atoms with Gasteiger partial charge in [-0.25, -0.2) is 13.2 Å². The smallest absolute Gasteiger partial charge is 0.191 e. The Morgan fingerprint density at radius 1 is 1.04 bits per heavy atom. The third-order valence-electron chi connectivity index (χ3n) is 3.90. The van der Waals surface area contributed by atoms with E-state index in [4.69, 9.17) is 4.74 Å². The number of guanidine groups is 1. The van der Waals surface area contributed by atoms with Gasteiger partial charge in [-0.15, -0.1) is 0 Å². The fourth-order valence-corrected chi connectivity index (χ4v) is 2.48. The van der Waals surface area contributed by atoms with E-state index in [1.807, 2.05) is 0 Å². The van der Waals surface area contributed by atoms with Crippen LogP contribution >= 0.6 is 0 Å². The molecule has 0 amide bonds. The van der Waals surface area contributed by atoms with Crippen molar-refractivity contribution in [2.24, 2.45) is 4.99 Å². The normalized spacial score (nSPS) is 12.7. The molecule has 4 nitrogen and oxygen atoms in total. The molecule has 2 aromatic carbocycles. The van der Waals surface area contributed by atoms with E-state index in [0.29, 0.717) is 31.0 Å². The van der Waals surface area contributed by atoms with Gasteiger partial charge in [0.2, 0.25) is 0 Å². The van der Waals surface area contributed by atoms with Gasteiger partial charge < -0.3 is 15.4 Å². The Labute approximate surface area is 151 Å². The van der Waals surface area contributed by atoms with Gasteiger partial charge in [0.15, 0.2) is 5.96 Å². The van der Waals surface area contributed by atoms with Crippen LogP contribution in [0, 0.1) is 17.5 Å². The van der Waals surface area contributed by atoms with E-state index in [9.17, 15) is 13.2 Å². The molecule has 0 spiro atoms. The van der Waals surface area contributed by atoms with Crippen molar-refractivity contribution in [3.63, 3.8) is 0 Å². The van der Waals surface area contributed by atoms with Crippen molar-refractivity contribution in [3.05, 3.63) is 71.0 Å². The van der Waals surface area contributed by atoms with E-state index < -0.39 is 11.6 Å². The van der Waals surface area contributed by atoms with Crippen molar-refractivity contribution in [1.29, 1.82) is 0 Å². The maximum atomic E-state index is 13.6. The van der Waals surface area contributed by atoms with Gasteiger partial charge in [0.25, 0.3) is 0 Å². The van der Waals surface area contributed by atoms with Crippen molar-refractivity contribution in [2.45, 2.75) is 12.5 Å². The SMILES string of the molecule is CN=C(NCCc1cc(F)ccc1F)NCC(OC)c1ccc(F)cc1. The first-order chi connectivity index (χ1) is 12.5. The van der Waals surface area contributed by atoms with Gasteiger partial charge in [-0.3, -0.25) is 4.99 Å². The molecule has 1 atom stereocenters. The fraction of sp³-hybridized carbons (Fsp3) is 0.316. The standard InChI is InChI=1S/C19H22F3N3O/c1-23-19(24-10-9-14-11-16(21)7-8-17(14)22)25-12-18(26-2)13-3-5-15(20)6-4-13/h3-8,11,18H,9-10,12H2,1-2H3,(H2,23,24,25). The van der Waals surface area contributed by atoms with Crippen molar-refractivity contribution < 1.29 is 17.9 Å². The minimum absolute atomic E-state index is 0.283. The van der Waals surface area contributed by atoms with Crippen molar-refractivity contribution in [1.82, 2.24) is 10.6 Å². The molecule has 0 heterocycles. The lowest BCUT2D eigenvalue weighted by Gasteiger charge is -2.19. The highest BCUT2D eigenvalue weighted by molar-refractivity contribution is 5.79. The minimum Gasteiger partial charge on any atom is -0.375 e. The average Bonchev–Trinajstić information content (AvgIpc) is 2.64. The summed E-state index contributed by atoms with van der Waals surface area (Å²) in [4.78, 5) is 4.08. The number of ether oxygens (including phenoxy) is 1. The fourth-order valence-electron chi connectivity index (χ4n) is 2.48. The highest BCUT2D eigenvalue weighted by atomic mass is 19.1. The summed E-state index contributed by atoms with van der Waals surface area (Å²) in [5.74, 6) is -0.706. The summed E-state index contributed by atoms with van der Waals surface area (Å²) in [5, 5.41) is 6.14. The Bertz CT molecular complexity index is 735. The Balaban J connectivity index is 1.85. The van der Waals surface area contributed by atoms with E-state index in [1.165, 1.54) is 18.2 Å². The Kier molecular flexibility index (Phi) is 7.47. The summed E-state index contributed by atoms with van der Waals surface area (Å²) in [7, 11) is 3.18. The predicted octanol–water partition coefficient (Wildman–Crippen LogP) is 3.20. The molecule has 7 heteroatoms. The zero-order valence-electron chi connectivity index (χ0n) is 14.7. The average molecular weight is 365 g/mol. The van der Waals surface area contributed by atoms with Crippen molar-refractivity contribution in [3.8, 4) is 0 Å². The number of aliphatic imine (C=N–C) groups is 1. The second-order valence-corrected chi connectivity index (χ2v) is 5.64. The van der Waals surface area contributed by atoms with Crippen LogP contribution in [-0.2, 0) is 11.2 Å². The van der Waals surface area contributed by atoms with E-state index in [-0.39, 0.29) is 11.9 Å². The van der Waals surface area contributed by atoms with E-state index in [1.54, 1.807) is 26.3 Å². The molecule has 0 saturated carbocycles. The minimum atomic E-state index is -0.467. The molecule has 0 fully saturated rings. The number of benzene rings is 2. The van der Waals surface area contributed by atoms with Crippen LogP contribution in [0.2, 0.25) is 0 Å². The van der Waals surface area contributed by atoms with Crippen molar-refractivity contribution >= 4 is 5.96 Å². The van der Waals surface area contributed by atoms with Gasteiger partial charge >= 0.3 is 0 Å². The molecule has 0 bridgehead atoms. The molecule has 140 valence electrons. The first-order valence-corrected chi connectivity index (χ1v) is 8.20. The molecule has 26 heavy (non-hydrogen) atoms. The lowest BCUT2D eigenvalue weighted by atomic mass is 10.1. The van der Waals surface area contributed by atoms with E-state index in [2.05, 4.69) is 15.6 Å². The molecule has 2 rings (SSSR count). The van der Waals surface area contributed by atoms with Crippen LogP contribution in [0.5, 0.6) is 0 Å². The Hall–Kier alpha value is -2.54. The highest BCUT2D eigenvalue weighted by Crippen LogP contribution is 2.16. The second kappa shape index (κ2) is 9.82. The first-order valence-electron chi connectivity index (χ1n) is 8.20. The lowest BCUT2D eigenvalue weighted by Crippen LogP contribution is -2.40. The summed E-state index contributed by atoms with van der Waals surface area (Å²) in [6.07, 6.45) is 0.0329. The summed E-state index contributed by atoms with van der Waals surface area (Å²) in [5.41, 5.74) is 1.13. The van der Waals surface area contributed by atoms with Crippen LogP contribution in [0.4, 0.5) is 13.2 Å². The summed E-state index contributed by atoms with van der Waals surface area (Å²) < 4.78 is 45.2. The first kappa shape index (κ1) is 19.8. The maximum absolute atomic E-state index is 13.6. The number of hydrogen-bond acceptors (Lipinski definition) is 2. The zero-order valence-corrected chi connectivity index (χ0v) is 14.7. The lowest BCUT2D eigenvalue weighted by molar-refractivity contribution is 0.106.